The quantitative estimate of drug-likeness (QED) is 0.182. The Kier molecular flexibility index (Phi) is 9.52. The maximum Gasteiger partial charge on any atom is 0.416 e. The van der Waals surface area contributed by atoms with Crippen molar-refractivity contribution < 1.29 is 54.5 Å². The minimum Gasteiger partial charge on any atom is -0.497 e. The molecule has 262 valence electrons. The summed E-state index contributed by atoms with van der Waals surface area (Å²) in [6, 6.07) is 9.43. The number of hydrogen-bond donors (Lipinski definition) is 0. The van der Waals surface area contributed by atoms with Crippen molar-refractivity contribution in [2.45, 2.75) is 64.5 Å². The molecule has 3 aromatic rings. The molecule has 1 aliphatic heterocycles. The number of hydrogen-bond acceptors (Lipinski definition) is 5. The van der Waals surface area contributed by atoms with Crippen molar-refractivity contribution in [2.75, 3.05) is 20.8 Å². The molecule has 3 aromatic carbocycles. The molecule has 13 heteroatoms. The van der Waals surface area contributed by atoms with Gasteiger partial charge >= 0.3 is 24.4 Å². The van der Waals surface area contributed by atoms with Gasteiger partial charge in [0.05, 0.1) is 37.0 Å². The van der Waals surface area contributed by atoms with Crippen molar-refractivity contribution in [1.29, 1.82) is 0 Å². The molecule has 6 nitrogen and oxygen atoms in total. The lowest BCUT2D eigenvalue weighted by atomic mass is 9.72. The van der Waals surface area contributed by atoms with Gasteiger partial charge in [-0.1, -0.05) is 19.9 Å². The van der Waals surface area contributed by atoms with E-state index in [0.717, 1.165) is 23.6 Å². The Labute approximate surface area is 278 Å². The molecule has 0 saturated carbocycles. The molecule has 0 radical (unpaired) electrons. The number of esters is 1. The molecule has 2 unspecified atom stereocenters. The van der Waals surface area contributed by atoms with Crippen molar-refractivity contribution in [2.24, 2.45) is 5.41 Å². The molecular formula is C36H34F7NO5. The van der Waals surface area contributed by atoms with E-state index in [9.17, 15) is 35.9 Å². The van der Waals surface area contributed by atoms with Crippen LogP contribution >= 0.6 is 0 Å². The third kappa shape index (κ3) is 7.55. The van der Waals surface area contributed by atoms with Crippen LogP contribution in [0.1, 0.15) is 78.7 Å². The number of rotatable bonds is 7. The molecule has 1 fully saturated rings. The van der Waals surface area contributed by atoms with Crippen molar-refractivity contribution in [3.05, 3.63) is 93.8 Å². The summed E-state index contributed by atoms with van der Waals surface area (Å²) < 4.78 is 113. The van der Waals surface area contributed by atoms with Crippen LogP contribution in [0.25, 0.3) is 16.7 Å². The van der Waals surface area contributed by atoms with E-state index in [1.165, 1.54) is 38.2 Å². The first-order chi connectivity index (χ1) is 22.8. The monoisotopic (exact) mass is 693 g/mol. The lowest BCUT2D eigenvalue weighted by molar-refractivity contribution is -0.143. The minimum atomic E-state index is -5.06. The zero-order valence-corrected chi connectivity index (χ0v) is 27.3. The Bertz CT molecular complexity index is 1780. The summed E-state index contributed by atoms with van der Waals surface area (Å²) in [4.78, 5) is 26.5. The van der Waals surface area contributed by atoms with E-state index >= 15 is 4.39 Å². The van der Waals surface area contributed by atoms with Crippen LogP contribution in [0.5, 0.6) is 5.75 Å². The van der Waals surface area contributed by atoms with Gasteiger partial charge in [-0.2, -0.15) is 26.3 Å². The second kappa shape index (κ2) is 13.1. The summed E-state index contributed by atoms with van der Waals surface area (Å²) in [5.41, 5.74) is -0.589. The van der Waals surface area contributed by atoms with Crippen LogP contribution in [-0.2, 0) is 21.8 Å². The summed E-state index contributed by atoms with van der Waals surface area (Å²) in [5, 5.41) is 0. The first-order valence-electron chi connectivity index (χ1n) is 15.4. The fourth-order valence-electron chi connectivity index (χ4n) is 6.46. The zero-order chi connectivity index (χ0) is 36.1. The Balaban J connectivity index is 1.54. The summed E-state index contributed by atoms with van der Waals surface area (Å²) in [7, 11) is 2.65. The normalized spacial score (nSPS) is 19.6. The van der Waals surface area contributed by atoms with Crippen molar-refractivity contribution in [3.8, 4) is 16.9 Å². The highest BCUT2D eigenvalue weighted by Gasteiger charge is 2.44. The number of halogens is 7. The Morgan fingerprint density at radius 1 is 0.939 bits per heavy atom. The molecule has 5 rings (SSSR count). The van der Waals surface area contributed by atoms with Gasteiger partial charge in [-0.15, -0.1) is 0 Å². The standard InChI is InChI=1S/C36H34F7NO5/c1-19-31(23-11-25(35(38,39)40)16-26(12-23)36(41,42)43)49-33(46)44(19)18-24-17-34(2,3)9-8-28(24)21-10-22(14-27(13-21)47-4)29-7-6-20(15-30(29)37)32(45)48-5/h6-7,10-16,19,31H,8-9,17-18H2,1-5H3. The minimum absolute atomic E-state index is 0.00488. The van der Waals surface area contributed by atoms with E-state index in [-0.39, 0.29) is 29.2 Å². The summed E-state index contributed by atoms with van der Waals surface area (Å²) in [6.07, 6.45) is -10.6. The summed E-state index contributed by atoms with van der Waals surface area (Å²) in [6.45, 7) is 5.61. The fourth-order valence-corrected chi connectivity index (χ4v) is 6.46. The highest BCUT2D eigenvalue weighted by Crippen LogP contribution is 2.46. The van der Waals surface area contributed by atoms with Gasteiger partial charge in [-0.05, 0) is 108 Å². The fraction of sp³-hybridized carbons (Fsp3) is 0.389. The van der Waals surface area contributed by atoms with Crippen LogP contribution in [0.4, 0.5) is 35.5 Å². The number of ether oxygens (including phenoxy) is 3. The molecule has 1 amide bonds. The van der Waals surface area contributed by atoms with Gasteiger partial charge in [0.25, 0.3) is 0 Å². The highest BCUT2D eigenvalue weighted by molar-refractivity contribution is 5.90. The Hall–Kier alpha value is -4.55. The number of carbonyl (C=O) groups excluding carboxylic acids is 2. The number of allylic oxidation sites excluding steroid dienone is 1. The first kappa shape index (κ1) is 35.7. The molecule has 2 aliphatic rings. The molecule has 1 aliphatic carbocycles. The van der Waals surface area contributed by atoms with E-state index in [1.807, 2.05) is 0 Å². The van der Waals surface area contributed by atoms with Gasteiger partial charge in [0.1, 0.15) is 17.7 Å². The van der Waals surface area contributed by atoms with E-state index in [0.29, 0.717) is 41.9 Å². The molecule has 0 spiro atoms. The smallest absolute Gasteiger partial charge is 0.416 e. The summed E-state index contributed by atoms with van der Waals surface area (Å²) >= 11 is 0. The molecule has 2 atom stereocenters. The molecule has 0 N–H and O–H groups in total. The third-order valence-corrected chi connectivity index (χ3v) is 9.05. The molecule has 1 heterocycles. The molecule has 0 aromatic heterocycles. The number of cyclic esters (lactones) is 1. The van der Waals surface area contributed by atoms with E-state index in [4.69, 9.17) is 9.47 Å². The highest BCUT2D eigenvalue weighted by atomic mass is 19.4. The molecule has 49 heavy (non-hydrogen) atoms. The van der Waals surface area contributed by atoms with Crippen LogP contribution in [0.2, 0.25) is 0 Å². The zero-order valence-electron chi connectivity index (χ0n) is 27.3. The number of amides is 1. The first-order valence-corrected chi connectivity index (χ1v) is 15.4. The molecule has 1 saturated heterocycles. The largest absolute Gasteiger partial charge is 0.497 e. The van der Waals surface area contributed by atoms with Gasteiger partial charge in [0.2, 0.25) is 0 Å². The van der Waals surface area contributed by atoms with Crippen molar-refractivity contribution in [3.63, 3.8) is 0 Å². The van der Waals surface area contributed by atoms with Crippen LogP contribution in [0.15, 0.2) is 60.2 Å². The van der Waals surface area contributed by atoms with Crippen molar-refractivity contribution >= 4 is 17.6 Å². The van der Waals surface area contributed by atoms with Gasteiger partial charge in [0.15, 0.2) is 0 Å². The van der Waals surface area contributed by atoms with Gasteiger partial charge in [-0.3, -0.25) is 4.90 Å². The summed E-state index contributed by atoms with van der Waals surface area (Å²) in [5.74, 6) is -0.939. The Morgan fingerprint density at radius 2 is 1.57 bits per heavy atom. The van der Waals surface area contributed by atoms with Gasteiger partial charge in [0, 0.05) is 12.1 Å². The predicted octanol–water partition coefficient (Wildman–Crippen LogP) is 9.87. The second-order valence-corrected chi connectivity index (χ2v) is 13.1. The molecule has 0 bridgehead atoms. The number of benzene rings is 3. The van der Waals surface area contributed by atoms with Crippen LogP contribution in [0, 0.1) is 11.2 Å². The van der Waals surface area contributed by atoms with E-state index < -0.39 is 59.1 Å². The number of nitrogens with zero attached hydrogens (tertiary/aromatic N) is 1. The second-order valence-electron chi connectivity index (χ2n) is 13.1. The number of alkyl halides is 6. The van der Waals surface area contributed by atoms with Gasteiger partial charge < -0.3 is 14.2 Å². The third-order valence-electron chi connectivity index (χ3n) is 9.05. The van der Waals surface area contributed by atoms with Crippen LogP contribution in [-0.4, -0.2) is 43.8 Å². The van der Waals surface area contributed by atoms with E-state index in [2.05, 4.69) is 18.6 Å². The number of carbonyl (C=O) groups is 2. The SMILES string of the molecule is COC(=O)c1ccc(-c2cc(OC)cc(C3=C(CN4C(=O)OC(c5cc(C(F)(F)F)cc(C(F)(F)F)c5)C4C)CC(C)(C)CC3)c2)c(F)c1. The number of methoxy groups -OCH3 is 2. The lowest BCUT2D eigenvalue weighted by Gasteiger charge is -2.35. The maximum atomic E-state index is 15.3. The van der Waals surface area contributed by atoms with Crippen LogP contribution in [0.3, 0.4) is 0 Å². The van der Waals surface area contributed by atoms with Gasteiger partial charge in [-0.25, -0.2) is 14.0 Å². The topological polar surface area (TPSA) is 65.1 Å². The maximum absolute atomic E-state index is 15.3. The lowest BCUT2D eigenvalue weighted by Crippen LogP contribution is -2.35. The molecular weight excluding hydrogens is 659 g/mol. The average Bonchev–Trinajstić information content (AvgIpc) is 3.31. The van der Waals surface area contributed by atoms with Crippen LogP contribution < -0.4 is 4.74 Å². The van der Waals surface area contributed by atoms with E-state index in [1.54, 1.807) is 18.2 Å². The Morgan fingerprint density at radius 3 is 2.14 bits per heavy atom. The average molecular weight is 694 g/mol. The van der Waals surface area contributed by atoms with Crippen molar-refractivity contribution in [1.82, 2.24) is 4.90 Å². The predicted molar refractivity (Wildman–Crippen MR) is 166 cm³/mol.